The van der Waals surface area contributed by atoms with Gasteiger partial charge in [-0.15, -0.1) is 17.8 Å². The van der Waals surface area contributed by atoms with Gasteiger partial charge in [-0.3, -0.25) is 9.78 Å². The van der Waals surface area contributed by atoms with Crippen molar-refractivity contribution >= 4 is 17.2 Å². The number of hydrogen-bond donors (Lipinski definition) is 1. The zero-order valence-electron chi connectivity index (χ0n) is 7.28. The van der Waals surface area contributed by atoms with E-state index in [2.05, 4.69) is 16.2 Å². The number of carbonyl (C=O) groups is 1. The highest BCUT2D eigenvalue weighted by Crippen LogP contribution is 2.05. The molecular formula is C9H10N2OS. The maximum Gasteiger partial charge on any atom is 0.263 e. The molecule has 13 heavy (non-hydrogen) atoms. The van der Waals surface area contributed by atoms with E-state index in [0.29, 0.717) is 4.88 Å². The molecule has 0 saturated carbocycles. The number of nitrogens with one attached hydrogen (secondary N) is 1. The number of amides is 1. The van der Waals surface area contributed by atoms with Crippen LogP contribution >= 0.6 is 11.3 Å². The predicted octanol–water partition coefficient (Wildman–Crippen LogP) is 1.28. The van der Waals surface area contributed by atoms with Crippen molar-refractivity contribution in [1.29, 1.82) is 0 Å². The SMILES string of the molecule is C#CC(CC)NC(=O)c1cncs1. The molecule has 0 aromatic carbocycles. The third-order valence-corrected chi connectivity index (χ3v) is 2.34. The Morgan fingerprint density at radius 1 is 1.92 bits per heavy atom. The molecule has 0 bridgehead atoms. The van der Waals surface area contributed by atoms with E-state index in [4.69, 9.17) is 6.42 Å². The predicted molar refractivity (Wildman–Crippen MR) is 52.5 cm³/mol. The molecule has 68 valence electrons. The van der Waals surface area contributed by atoms with Gasteiger partial charge < -0.3 is 5.32 Å². The molecule has 0 aliphatic heterocycles. The van der Waals surface area contributed by atoms with Gasteiger partial charge in [0, 0.05) is 0 Å². The van der Waals surface area contributed by atoms with Crippen LogP contribution in [0.25, 0.3) is 0 Å². The first-order chi connectivity index (χ1) is 6.27. The van der Waals surface area contributed by atoms with E-state index in [1.165, 1.54) is 17.5 Å². The van der Waals surface area contributed by atoms with Gasteiger partial charge in [-0.05, 0) is 6.42 Å². The summed E-state index contributed by atoms with van der Waals surface area (Å²) in [7, 11) is 0. The summed E-state index contributed by atoms with van der Waals surface area (Å²) in [5.41, 5.74) is 1.62. The number of hydrogen-bond acceptors (Lipinski definition) is 3. The topological polar surface area (TPSA) is 42.0 Å². The third-order valence-electron chi connectivity index (χ3n) is 1.57. The monoisotopic (exact) mass is 194 g/mol. The Kier molecular flexibility index (Phi) is 3.47. The lowest BCUT2D eigenvalue weighted by Gasteiger charge is -2.08. The van der Waals surface area contributed by atoms with Crippen LogP contribution in [0.2, 0.25) is 0 Å². The van der Waals surface area contributed by atoms with Crippen molar-refractivity contribution in [2.24, 2.45) is 0 Å². The first kappa shape index (κ1) is 9.75. The highest BCUT2D eigenvalue weighted by molar-refractivity contribution is 7.11. The van der Waals surface area contributed by atoms with Gasteiger partial charge in [0.15, 0.2) is 0 Å². The van der Waals surface area contributed by atoms with Gasteiger partial charge >= 0.3 is 0 Å². The molecule has 1 heterocycles. The van der Waals surface area contributed by atoms with E-state index in [-0.39, 0.29) is 11.9 Å². The van der Waals surface area contributed by atoms with Crippen LogP contribution in [-0.4, -0.2) is 16.9 Å². The van der Waals surface area contributed by atoms with Crippen molar-refractivity contribution in [3.63, 3.8) is 0 Å². The highest BCUT2D eigenvalue weighted by atomic mass is 32.1. The summed E-state index contributed by atoms with van der Waals surface area (Å²) in [5.74, 6) is 2.35. The molecule has 0 aliphatic carbocycles. The van der Waals surface area contributed by atoms with Crippen molar-refractivity contribution in [1.82, 2.24) is 10.3 Å². The van der Waals surface area contributed by atoms with E-state index in [9.17, 15) is 4.79 Å². The van der Waals surface area contributed by atoms with Crippen LogP contribution in [0.15, 0.2) is 11.7 Å². The number of thiazole rings is 1. The summed E-state index contributed by atoms with van der Waals surface area (Å²) in [4.78, 5) is 15.8. The van der Waals surface area contributed by atoms with E-state index < -0.39 is 0 Å². The minimum atomic E-state index is -0.186. The van der Waals surface area contributed by atoms with Crippen LogP contribution in [0, 0.1) is 12.3 Å². The fraction of sp³-hybridized carbons (Fsp3) is 0.333. The fourth-order valence-corrected chi connectivity index (χ4v) is 1.34. The normalized spacial score (nSPS) is 11.7. The molecule has 3 nitrogen and oxygen atoms in total. The smallest absolute Gasteiger partial charge is 0.263 e. The Labute approximate surface area is 81.2 Å². The summed E-state index contributed by atoms with van der Waals surface area (Å²) < 4.78 is 0. The quantitative estimate of drug-likeness (QED) is 0.737. The molecule has 1 atom stereocenters. The van der Waals surface area contributed by atoms with Crippen molar-refractivity contribution in [2.75, 3.05) is 0 Å². The van der Waals surface area contributed by atoms with Crippen molar-refractivity contribution < 1.29 is 4.79 Å². The van der Waals surface area contributed by atoms with Crippen LogP contribution in [0.3, 0.4) is 0 Å². The summed E-state index contributed by atoms with van der Waals surface area (Å²) in [6.07, 6.45) is 7.48. The van der Waals surface area contributed by atoms with Gasteiger partial charge in [0.2, 0.25) is 0 Å². The van der Waals surface area contributed by atoms with Gasteiger partial charge in [-0.25, -0.2) is 0 Å². The van der Waals surface area contributed by atoms with Crippen molar-refractivity contribution in [2.45, 2.75) is 19.4 Å². The van der Waals surface area contributed by atoms with Crippen LogP contribution in [0.5, 0.6) is 0 Å². The van der Waals surface area contributed by atoms with Crippen LogP contribution in [-0.2, 0) is 0 Å². The van der Waals surface area contributed by atoms with Gasteiger partial charge in [-0.2, -0.15) is 0 Å². The van der Waals surface area contributed by atoms with Crippen LogP contribution in [0.1, 0.15) is 23.0 Å². The molecule has 1 unspecified atom stereocenters. The first-order valence-electron chi connectivity index (χ1n) is 3.93. The average molecular weight is 194 g/mol. The van der Waals surface area contributed by atoms with Gasteiger partial charge in [-0.1, -0.05) is 12.8 Å². The molecule has 1 N–H and O–H groups in total. The second-order valence-corrected chi connectivity index (χ2v) is 3.35. The van der Waals surface area contributed by atoms with E-state index >= 15 is 0 Å². The Morgan fingerprint density at radius 2 is 2.69 bits per heavy atom. The van der Waals surface area contributed by atoms with Gasteiger partial charge in [0.25, 0.3) is 5.91 Å². The highest BCUT2D eigenvalue weighted by Gasteiger charge is 2.10. The second-order valence-electron chi connectivity index (χ2n) is 2.47. The molecule has 0 aliphatic rings. The van der Waals surface area contributed by atoms with Gasteiger partial charge in [0.05, 0.1) is 17.7 Å². The maximum atomic E-state index is 11.4. The number of rotatable bonds is 3. The zero-order chi connectivity index (χ0) is 9.68. The summed E-state index contributed by atoms with van der Waals surface area (Å²) >= 11 is 1.30. The van der Waals surface area contributed by atoms with Crippen molar-refractivity contribution in [3.05, 3.63) is 16.6 Å². The standard InChI is InChI=1S/C9H10N2OS/c1-3-7(4-2)11-9(12)8-5-10-6-13-8/h1,5-7H,4H2,2H3,(H,11,12). The molecule has 1 aromatic rings. The minimum absolute atomic E-state index is 0.146. The van der Waals surface area contributed by atoms with E-state index in [1.54, 1.807) is 5.51 Å². The molecule has 1 aromatic heterocycles. The van der Waals surface area contributed by atoms with E-state index in [1.807, 2.05) is 6.92 Å². The minimum Gasteiger partial charge on any atom is -0.338 e. The lowest BCUT2D eigenvalue weighted by atomic mass is 10.2. The van der Waals surface area contributed by atoms with Crippen LogP contribution < -0.4 is 5.32 Å². The summed E-state index contributed by atoms with van der Waals surface area (Å²) in [5, 5.41) is 2.71. The number of terminal acetylenes is 1. The number of carbonyl (C=O) groups excluding carboxylic acids is 1. The molecule has 0 spiro atoms. The molecule has 1 rings (SSSR count). The largest absolute Gasteiger partial charge is 0.338 e. The molecule has 4 heteroatoms. The fourth-order valence-electron chi connectivity index (χ4n) is 0.819. The molecule has 0 saturated heterocycles. The van der Waals surface area contributed by atoms with Crippen molar-refractivity contribution in [3.8, 4) is 12.3 Å². The molecule has 0 fully saturated rings. The Hall–Kier alpha value is -1.34. The summed E-state index contributed by atoms with van der Waals surface area (Å²) in [6, 6.07) is -0.186. The number of aromatic nitrogens is 1. The zero-order valence-corrected chi connectivity index (χ0v) is 8.10. The van der Waals surface area contributed by atoms with Crippen LogP contribution in [0.4, 0.5) is 0 Å². The molecule has 0 radical (unpaired) electrons. The number of nitrogens with zero attached hydrogens (tertiary/aromatic N) is 1. The lowest BCUT2D eigenvalue weighted by Crippen LogP contribution is -2.32. The lowest BCUT2D eigenvalue weighted by molar-refractivity contribution is 0.0949. The summed E-state index contributed by atoms with van der Waals surface area (Å²) in [6.45, 7) is 1.93. The van der Waals surface area contributed by atoms with E-state index in [0.717, 1.165) is 6.42 Å². The molecule has 1 amide bonds. The first-order valence-corrected chi connectivity index (χ1v) is 4.81. The third kappa shape index (κ3) is 2.56. The Bertz CT molecular complexity index is 313. The Morgan fingerprint density at radius 3 is 3.15 bits per heavy atom. The second kappa shape index (κ2) is 4.63. The maximum absolute atomic E-state index is 11.4. The average Bonchev–Trinajstić information content (AvgIpc) is 2.66. The molecular weight excluding hydrogens is 184 g/mol. The van der Waals surface area contributed by atoms with Gasteiger partial charge in [0.1, 0.15) is 4.88 Å². The Balaban J connectivity index is 2.57.